The van der Waals surface area contributed by atoms with Gasteiger partial charge in [-0.15, -0.1) is 0 Å². The molecule has 1 aliphatic rings. The second-order valence-electron chi connectivity index (χ2n) is 5.97. The fourth-order valence-corrected chi connectivity index (χ4v) is 4.43. The molecule has 4 rings (SSSR count). The summed E-state index contributed by atoms with van der Waals surface area (Å²) in [4.78, 5) is 0. The van der Waals surface area contributed by atoms with Crippen molar-refractivity contribution in [3.05, 3.63) is 59.8 Å². The maximum Gasteiger partial charge on any atom is 0.0661 e. The molecule has 0 fully saturated rings. The summed E-state index contributed by atoms with van der Waals surface area (Å²) in [6.07, 6.45) is 2.30. The molecule has 99 valence electrons. The van der Waals surface area contributed by atoms with E-state index in [1.54, 1.807) is 0 Å². The molecule has 20 heavy (non-hydrogen) atoms. The first-order valence-corrected chi connectivity index (χ1v) is 9.94. The second-order valence-corrected chi connectivity index (χ2v) is 8.70. The molecule has 0 saturated heterocycles. The summed E-state index contributed by atoms with van der Waals surface area (Å²) in [6, 6.07) is 17.8. The van der Waals surface area contributed by atoms with Crippen molar-refractivity contribution in [2.75, 3.05) is 0 Å². The summed E-state index contributed by atoms with van der Waals surface area (Å²) in [7, 11) is -0.292. The fourth-order valence-electron chi connectivity index (χ4n) is 3.44. The molecule has 0 spiro atoms. The van der Waals surface area contributed by atoms with Crippen LogP contribution in [0.25, 0.3) is 22.0 Å². The van der Waals surface area contributed by atoms with Crippen LogP contribution in [0.4, 0.5) is 0 Å². The van der Waals surface area contributed by atoms with E-state index in [0.29, 0.717) is 0 Å². The third kappa shape index (κ3) is 1.61. The number of aromatic nitrogens is 1. The highest BCUT2D eigenvalue weighted by Crippen LogP contribution is 2.43. The Labute approximate surface area is 121 Å². The molecule has 0 N–H and O–H groups in total. The lowest BCUT2D eigenvalue weighted by Gasteiger charge is -2.11. The minimum Gasteiger partial charge on any atom is -0.347 e. The quantitative estimate of drug-likeness (QED) is 0.475. The van der Waals surface area contributed by atoms with Crippen LogP contribution < -0.4 is 0 Å². The van der Waals surface area contributed by atoms with Gasteiger partial charge in [0.05, 0.1) is 8.80 Å². The Kier molecular flexibility index (Phi) is 2.61. The van der Waals surface area contributed by atoms with Crippen LogP contribution in [0.15, 0.2) is 48.5 Å². The van der Waals surface area contributed by atoms with Crippen LogP contribution in [0, 0.1) is 0 Å². The van der Waals surface area contributed by atoms with Gasteiger partial charge in [-0.1, -0.05) is 55.6 Å². The second kappa shape index (κ2) is 4.35. The minimum absolute atomic E-state index is 0.292. The van der Waals surface area contributed by atoms with Gasteiger partial charge in [-0.05, 0) is 17.2 Å². The zero-order valence-corrected chi connectivity index (χ0v) is 13.0. The molecule has 1 aromatic heterocycles. The van der Waals surface area contributed by atoms with Crippen molar-refractivity contribution >= 4 is 19.7 Å². The smallest absolute Gasteiger partial charge is 0.0661 e. The molecule has 0 atom stereocenters. The van der Waals surface area contributed by atoms with E-state index < -0.39 is 0 Å². The monoisotopic (exact) mass is 276 g/mol. The van der Waals surface area contributed by atoms with Gasteiger partial charge in [-0.2, -0.15) is 0 Å². The SMILES string of the molecule is C[Si](C)Cn1c2c(c3ccccc31)-c1ccccc1C2. The average molecular weight is 276 g/mol. The van der Waals surface area contributed by atoms with Crippen molar-refractivity contribution in [1.29, 1.82) is 0 Å². The molecule has 2 aromatic carbocycles. The van der Waals surface area contributed by atoms with Crippen molar-refractivity contribution in [1.82, 2.24) is 4.57 Å². The van der Waals surface area contributed by atoms with E-state index in [2.05, 4.69) is 66.2 Å². The van der Waals surface area contributed by atoms with Gasteiger partial charge >= 0.3 is 0 Å². The van der Waals surface area contributed by atoms with Crippen LogP contribution in [-0.2, 0) is 12.6 Å². The minimum atomic E-state index is -0.292. The van der Waals surface area contributed by atoms with Crippen LogP contribution in [0.5, 0.6) is 0 Å². The van der Waals surface area contributed by atoms with Crippen molar-refractivity contribution in [3.63, 3.8) is 0 Å². The largest absolute Gasteiger partial charge is 0.347 e. The highest BCUT2D eigenvalue weighted by atomic mass is 28.3. The first-order chi connectivity index (χ1) is 9.75. The highest BCUT2D eigenvalue weighted by molar-refractivity contribution is 6.54. The van der Waals surface area contributed by atoms with Gasteiger partial charge in [0.15, 0.2) is 0 Å². The third-order valence-electron chi connectivity index (χ3n) is 4.20. The Bertz CT molecular complexity index is 798. The Hall–Kier alpha value is -1.80. The first-order valence-electron chi connectivity index (χ1n) is 7.23. The molecule has 1 radical (unpaired) electrons. The molecule has 1 nitrogen and oxygen atoms in total. The molecule has 0 bridgehead atoms. The van der Waals surface area contributed by atoms with Gasteiger partial charge in [0.25, 0.3) is 0 Å². The predicted molar refractivity (Wildman–Crippen MR) is 87.7 cm³/mol. The molecule has 0 unspecified atom stereocenters. The number of fused-ring (bicyclic) bond motifs is 5. The molecule has 0 saturated carbocycles. The Morgan fingerprint density at radius 3 is 2.60 bits per heavy atom. The Balaban J connectivity index is 2.05. The Morgan fingerprint density at radius 2 is 1.75 bits per heavy atom. The first kappa shape index (κ1) is 12.0. The maximum atomic E-state index is 2.58. The van der Waals surface area contributed by atoms with Gasteiger partial charge in [-0.3, -0.25) is 0 Å². The van der Waals surface area contributed by atoms with E-state index in [1.807, 2.05) is 0 Å². The standard InChI is InChI=1S/C18H18NSi/c1-20(2)12-19-16-10-6-5-9-15(16)18-14-8-4-3-7-13(14)11-17(18)19/h3-10H,11-12H2,1-2H3. The van der Waals surface area contributed by atoms with Crippen molar-refractivity contribution in [2.45, 2.75) is 25.7 Å². The summed E-state index contributed by atoms with van der Waals surface area (Å²) in [5, 5.41) is 1.43. The summed E-state index contributed by atoms with van der Waals surface area (Å²) in [5.74, 6) is 0. The van der Waals surface area contributed by atoms with Crippen molar-refractivity contribution in [3.8, 4) is 11.1 Å². The van der Waals surface area contributed by atoms with Gasteiger partial charge in [-0.25, -0.2) is 0 Å². The summed E-state index contributed by atoms with van der Waals surface area (Å²) in [5.41, 5.74) is 7.35. The summed E-state index contributed by atoms with van der Waals surface area (Å²) in [6.45, 7) is 4.79. The zero-order valence-electron chi connectivity index (χ0n) is 12.0. The predicted octanol–water partition coefficient (Wildman–Crippen LogP) is 4.51. The lowest BCUT2D eigenvalue weighted by atomic mass is 10.0. The number of hydrogen-bond donors (Lipinski definition) is 0. The van der Waals surface area contributed by atoms with Crippen molar-refractivity contribution in [2.24, 2.45) is 0 Å². The van der Waals surface area contributed by atoms with E-state index in [1.165, 1.54) is 39.5 Å². The number of nitrogens with zero attached hydrogens (tertiary/aromatic N) is 1. The summed E-state index contributed by atoms with van der Waals surface area (Å²) >= 11 is 0. The molecule has 0 aliphatic heterocycles. The van der Waals surface area contributed by atoms with Gasteiger partial charge in [0.2, 0.25) is 0 Å². The molecule has 1 aliphatic carbocycles. The van der Waals surface area contributed by atoms with Gasteiger partial charge < -0.3 is 4.57 Å². The molecule has 1 heterocycles. The topological polar surface area (TPSA) is 4.93 Å². The maximum absolute atomic E-state index is 2.58. The molecular formula is C18H18NSi. The molecular weight excluding hydrogens is 258 g/mol. The van der Waals surface area contributed by atoms with Crippen molar-refractivity contribution < 1.29 is 0 Å². The number of hydrogen-bond acceptors (Lipinski definition) is 0. The fraction of sp³-hybridized carbons (Fsp3) is 0.222. The molecule has 2 heteroatoms. The summed E-state index contributed by atoms with van der Waals surface area (Å²) < 4.78 is 2.58. The number of rotatable bonds is 2. The van der Waals surface area contributed by atoms with Crippen LogP contribution >= 0.6 is 0 Å². The number of para-hydroxylation sites is 1. The van der Waals surface area contributed by atoms with E-state index in [-0.39, 0.29) is 8.80 Å². The average Bonchev–Trinajstić information content (AvgIpc) is 2.95. The van der Waals surface area contributed by atoms with Crippen LogP contribution in [-0.4, -0.2) is 13.4 Å². The van der Waals surface area contributed by atoms with E-state index in [4.69, 9.17) is 0 Å². The van der Waals surface area contributed by atoms with Crippen LogP contribution in [0.2, 0.25) is 13.1 Å². The van der Waals surface area contributed by atoms with E-state index >= 15 is 0 Å². The van der Waals surface area contributed by atoms with Crippen LogP contribution in [0.3, 0.4) is 0 Å². The molecule has 0 amide bonds. The van der Waals surface area contributed by atoms with Crippen LogP contribution in [0.1, 0.15) is 11.3 Å². The number of benzene rings is 2. The molecule has 3 aromatic rings. The van der Waals surface area contributed by atoms with E-state index in [0.717, 1.165) is 6.42 Å². The zero-order chi connectivity index (χ0) is 13.7. The lowest BCUT2D eigenvalue weighted by molar-refractivity contribution is 0.851. The highest BCUT2D eigenvalue weighted by Gasteiger charge is 2.25. The van der Waals surface area contributed by atoms with Gasteiger partial charge in [0, 0.05) is 34.7 Å². The normalized spacial score (nSPS) is 12.9. The Morgan fingerprint density at radius 1 is 1.00 bits per heavy atom. The van der Waals surface area contributed by atoms with Gasteiger partial charge in [0.1, 0.15) is 0 Å². The van der Waals surface area contributed by atoms with E-state index in [9.17, 15) is 0 Å². The lowest BCUT2D eigenvalue weighted by Crippen LogP contribution is -2.14. The third-order valence-corrected chi connectivity index (χ3v) is 5.15.